The molecule has 3 N–H and O–H groups in total. The molecule has 8 heteroatoms. The highest BCUT2D eigenvalue weighted by Gasteiger charge is 2.19. The van der Waals surface area contributed by atoms with Gasteiger partial charge in [0.05, 0.1) is 0 Å². The van der Waals surface area contributed by atoms with Gasteiger partial charge in [0.25, 0.3) is 0 Å². The third-order valence-electron chi connectivity index (χ3n) is 2.09. The number of nitrogens with one attached hydrogen (secondary N) is 1. The van der Waals surface area contributed by atoms with Crippen LogP contribution in [0.2, 0.25) is 5.15 Å². The van der Waals surface area contributed by atoms with Crippen LogP contribution in [-0.2, 0) is 11.3 Å². The first-order valence-electron chi connectivity index (χ1n) is 5.66. The molecule has 6 nitrogen and oxygen atoms in total. The van der Waals surface area contributed by atoms with Crippen LogP contribution >= 0.6 is 11.6 Å². The smallest absolute Gasteiger partial charge is 0.444 e. The van der Waals surface area contributed by atoms with Gasteiger partial charge >= 0.3 is 13.2 Å². The molecule has 1 heterocycles. The fourth-order valence-electron chi connectivity index (χ4n) is 1.34. The van der Waals surface area contributed by atoms with E-state index in [1.165, 1.54) is 12.3 Å². The molecular weight excluding hydrogens is 270 g/mol. The predicted molar refractivity (Wildman–Crippen MR) is 72.1 cm³/mol. The Bertz CT molecular complexity index is 462. The minimum absolute atomic E-state index is 0.0615. The Kier molecular flexibility index (Phi) is 5.16. The number of alkyl carbamates (subject to hydrolysis) is 1. The van der Waals surface area contributed by atoms with Crippen molar-refractivity contribution in [2.24, 2.45) is 0 Å². The number of aromatic nitrogens is 1. The van der Waals surface area contributed by atoms with Gasteiger partial charge in [0, 0.05) is 12.7 Å². The summed E-state index contributed by atoms with van der Waals surface area (Å²) < 4.78 is 5.06. The number of rotatable bonds is 3. The Balaban J connectivity index is 2.70. The molecule has 104 valence electrons. The molecule has 0 atom stereocenters. The second kappa shape index (κ2) is 6.23. The Morgan fingerprint density at radius 2 is 2.16 bits per heavy atom. The van der Waals surface area contributed by atoms with Crippen LogP contribution in [0.15, 0.2) is 12.3 Å². The van der Waals surface area contributed by atoms with Crippen LogP contribution in [0.5, 0.6) is 0 Å². The predicted octanol–water partition coefficient (Wildman–Crippen LogP) is 0.439. The molecule has 1 amide bonds. The van der Waals surface area contributed by atoms with E-state index in [4.69, 9.17) is 16.3 Å². The number of hydrogen-bond donors (Lipinski definition) is 3. The molecule has 0 fully saturated rings. The van der Waals surface area contributed by atoms with Crippen LogP contribution in [0.1, 0.15) is 26.3 Å². The Morgan fingerprint density at radius 1 is 1.53 bits per heavy atom. The molecule has 0 aliphatic rings. The molecule has 1 aromatic rings. The zero-order valence-electron chi connectivity index (χ0n) is 11.0. The monoisotopic (exact) mass is 286 g/mol. The number of ether oxygens (including phenoxy) is 1. The third-order valence-corrected chi connectivity index (χ3v) is 2.30. The number of nitrogens with zero attached hydrogens (tertiary/aromatic N) is 1. The summed E-state index contributed by atoms with van der Waals surface area (Å²) in [4.78, 5) is 15.3. The van der Waals surface area contributed by atoms with E-state index in [0.29, 0.717) is 5.56 Å². The minimum Gasteiger partial charge on any atom is -0.444 e. The topological polar surface area (TPSA) is 91.7 Å². The maximum Gasteiger partial charge on any atom is 0.488 e. The summed E-state index contributed by atoms with van der Waals surface area (Å²) in [6, 6.07) is 1.33. The van der Waals surface area contributed by atoms with Crippen molar-refractivity contribution in [3.63, 3.8) is 0 Å². The first kappa shape index (κ1) is 15.8. The zero-order valence-corrected chi connectivity index (χ0v) is 11.7. The fourth-order valence-corrected chi connectivity index (χ4v) is 1.51. The number of pyridine rings is 1. The lowest BCUT2D eigenvalue weighted by Crippen LogP contribution is -2.37. The maximum absolute atomic E-state index is 11.5. The average molecular weight is 287 g/mol. The van der Waals surface area contributed by atoms with E-state index in [2.05, 4.69) is 10.3 Å². The van der Waals surface area contributed by atoms with E-state index in [9.17, 15) is 14.8 Å². The van der Waals surface area contributed by atoms with Crippen LogP contribution in [0.25, 0.3) is 0 Å². The van der Waals surface area contributed by atoms with Crippen molar-refractivity contribution in [2.45, 2.75) is 32.9 Å². The van der Waals surface area contributed by atoms with Crippen LogP contribution < -0.4 is 10.8 Å². The SMILES string of the molecule is CC(C)(C)OC(=O)NCc1cnc(Cl)cc1B(O)O. The van der Waals surface area contributed by atoms with Crippen molar-refractivity contribution in [2.75, 3.05) is 0 Å². The Morgan fingerprint density at radius 3 is 2.68 bits per heavy atom. The summed E-state index contributed by atoms with van der Waals surface area (Å²) in [5.41, 5.74) is 0.0445. The van der Waals surface area contributed by atoms with Crippen LogP contribution in [0.3, 0.4) is 0 Å². The van der Waals surface area contributed by atoms with Crippen LogP contribution in [0, 0.1) is 0 Å². The lowest BCUT2D eigenvalue weighted by atomic mass is 9.78. The van der Waals surface area contributed by atoms with Crippen molar-refractivity contribution in [1.29, 1.82) is 0 Å². The molecule has 0 spiro atoms. The Hall–Kier alpha value is -1.31. The number of carbonyl (C=O) groups is 1. The van der Waals surface area contributed by atoms with Crippen molar-refractivity contribution in [1.82, 2.24) is 10.3 Å². The first-order chi connectivity index (χ1) is 8.69. The largest absolute Gasteiger partial charge is 0.488 e. The molecule has 0 aliphatic carbocycles. The second-order valence-corrected chi connectivity index (χ2v) is 5.32. The second-order valence-electron chi connectivity index (χ2n) is 4.93. The van der Waals surface area contributed by atoms with Crippen LogP contribution in [0.4, 0.5) is 4.79 Å². The highest BCUT2D eigenvalue weighted by molar-refractivity contribution is 6.59. The zero-order chi connectivity index (χ0) is 14.6. The van der Waals surface area contributed by atoms with Crippen LogP contribution in [-0.4, -0.2) is 33.8 Å². The number of halogens is 1. The molecule has 0 saturated carbocycles. The lowest BCUT2D eigenvalue weighted by molar-refractivity contribution is 0.0523. The van der Waals surface area contributed by atoms with Crippen molar-refractivity contribution < 1.29 is 19.6 Å². The van der Waals surface area contributed by atoms with Gasteiger partial charge in [-0.3, -0.25) is 0 Å². The van der Waals surface area contributed by atoms with Gasteiger partial charge in [0.15, 0.2) is 0 Å². The molecule has 0 bridgehead atoms. The van der Waals surface area contributed by atoms with Gasteiger partial charge in [-0.2, -0.15) is 0 Å². The molecule has 0 unspecified atom stereocenters. The summed E-state index contributed by atoms with van der Waals surface area (Å²) in [7, 11) is -1.68. The molecule has 0 aliphatic heterocycles. The molecule has 0 saturated heterocycles. The quantitative estimate of drug-likeness (QED) is 0.554. The van der Waals surface area contributed by atoms with Gasteiger partial charge in [0.2, 0.25) is 0 Å². The van der Waals surface area contributed by atoms with E-state index in [1.807, 2.05) is 0 Å². The highest BCUT2D eigenvalue weighted by atomic mass is 35.5. The molecule has 0 radical (unpaired) electrons. The number of hydrogen-bond acceptors (Lipinski definition) is 5. The van der Waals surface area contributed by atoms with E-state index >= 15 is 0 Å². The molecule has 1 aromatic heterocycles. The molecule has 19 heavy (non-hydrogen) atoms. The van der Waals surface area contributed by atoms with E-state index in [0.717, 1.165) is 0 Å². The van der Waals surface area contributed by atoms with Gasteiger partial charge in [-0.05, 0) is 37.9 Å². The number of amides is 1. The van der Waals surface area contributed by atoms with Gasteiger partial charge in [-0.15, -0.1) is 0 Å². The summed E-state index contributed by atoms with van der Waals surface area (Å²) >= 11 is 5.67. The maximum atomic E-state index is 11.5. The van der Waals surface area contributed by atoms with E-state index < -0.39 is 18.8 Å². The van der Waals surface area contributed by atoms with E-state index in [1.54, 1.807) is 20.8 Å². The summed E-state index contributed by atoms with van der Waals surface area (Å²) in [6.07, 6.45) is 0.773. The third kappa shape index (κ3) is 5.46. The highest BCUT2D eigenvalue weighted by Crippen LogP contribution is 2.07. The first-order valence-corrected chi connectivity index (χ1v) is 6.04. The molecular formula is C11H16BClN2O4. The molecule has 1 rings (SSSR count). The van der Waals surface area contributed by atoms with Gasteiger partial charge in [-0.1, -0.05) is 11.6 Å². The molecule has 0 aromatic carbocycles. The van der Waals surface area contributed by atoms with Crippen molar-refractivity contribution in [3.8, 4) is 0 Å². The summed E-state index contributed by atoms with van der Waals surface area (Å²) in [5, 5.41) is 21.1. The standard InChI is InChI=1S/C11H16BClN2O4/c1-11(2,3)19-10(16)15-6-7-5-14-9(13)4-8(7)12(17)18/h4-5,17-18H,6H2,1-3H3,(H,15,16). The van der Waals surface area contributed by atoms with Gasteiger partial charge in [-0.25, -0.2) is 9.78 Å². The van der Waals surface area contributed by atoms with E-state index in [-0.39, 0.29) is 17.2 Å². The summed E-state index contributed by atoms with van der Waals surface area (Å²) in [5.74, 6) is 0. The Labute approximate surface area is 116 Å². The van der Waals surface area contributed by atoms with Gasteiger partial charge < -0.3 is 20.1 Å². The normalized spacial score (nSPS) is 11.1. The van der Waals surface area contributed by atoms with Gasteiger partial charge in [0.1, 0.15) is 10.8 Å². The van der Waals surface area contributed by atoms with Crippen molar-refractivity contribution >= 4 is 30.3 Å². The lowest BCUT2D eigenvalue weighted by Gasteiger charge is -2.20. The average Bonchev–Trinajstić information content (AvgIpc) is 2.24. The fraction of sp³-hybridized carbons (Fsp3) is 0.455. The summed E-state index contributed by atoms with van der Waals surface area (Å²) in [6.45, 7) is 5.31. The minimum atomic E-state index is -1.68. The van der Waals surface area contributed by atoms with Crippen molar-refractivity contribution in [3.05, 3.63) is 23.0 Å². The number of carbonyl (C=O) groups excluding carboxylic acids is 1.